The maximum absolute atomic E-state index is 13.3. The van der Waals surface area contributed by atoms with Crippen molar-refractivity contribution in [3.8, 4) is 0 Å². The lowest BCUT2D eigenvalue weighted by Crippen LogP contribution is -2.58. The highest BCUT2D eigenvalue weighted by molar-refractivity contribution is 7.80. The molecular weight excluding hydrogens is 518 g/mol. The van der Waals surface area contributed by atoms with Gasteiger partial charge in [-0.25, -0.2) is 4.79 Å². The highest BCUT2D eigenvalue weighted by Crippen LogP contribution is 2.19. The van der Waals surface area contributed by atoms with Crippen molar-refractivity contribution in [2.24, 2.45) is 17.2 Å². The lowest BCUT2D eigenvalue weighted by Gasteiger charge is -2.24. The molecule has 4 atom stereocenters. The molecule has 0 bridgehead atoms. The van der Waals surface area contributed by atoms with E-state index in [1.807, 2.05) is 18.2 Å². The normalized spacial score (nSPS) is 14.1. The molecule has 0 fully saturated rings. The van der Waals surface area contributed by atoms with Gasteiger partial charge in [0.15, 0.2) is 0 Å². The number of rotatable bonds is 15. The molecular formula is C23H31N7O7S. The van der Waals surface area contributed by atoms with Crippen LogP contribution in [0.5, 0.6) is 0 Å². The van der Waals surface area contributed by atoms with Crippen molar-refractivity contribution in [3.63, 3.8) is 0 Å². The second kappa shape index (κ2) is 14.0. The number of thiol groups is 1. The molecule has 0 saturated heterocycles. The Morgan fingerprint density at radius 2 is 1.50 bits per heavy atom. The van der Waals surface area contributed by atoms with Gasteiger partial charge in [-0.1, -0.05) is 18.2 Å². The first-order valence-electron chi connectivity index (χ1n) is 11.5. The average molecular weight is 550 g/mol. The summed E-state index contributed by atoms with van der Waals surface area (Å²) in [5.41, 5.74) is 17.5. The summed E-state index contributed by atoms with van der Waals surface area (Å²) in [5, 5.41) is 17.2. The van der Waals surface area contributed by atoms with E-state index < -0.39 is 66.1 Å². The molecule has 206 valence electrons. The SMILES string of the molecule is NC(=O)CCC(NC(=O)C(CC(N)=O)NC(=O)C(Cc1c[nH]c2ccccc12)NC(=O)C(N)CS)C(=O)O. The second-order valence-electron chi connectivity index (χ2n) is 8.55. The van der Waals surface area contributed by atoms with Crippen molar-refractivity contribution in [1.82, 2.24) is 20.9 Å². The number of carbonyl (C=O) groups excluding carboxylic acids is 5. The number of hydrogen-bond donors (Lipinski definition) is 9. The van der Waals surface area contributed by atoms with Gasteiger partial charge in [0.1, 0.15) is 18.1 Å². The van der Waals surface area contributed by atoms with E-state index in [1.165, 1.54) is 0 Å². The molecule has 14 nitrogen and oxygen atoms in total. The predicted octanol–water partition coefficient (Wildman–Crippen LogP) is -2.35. The molecule has 0 aliphatic rings. The molecule has 11 N–H and O–H groups in total. The largest absolute Gasteiger partial charge is 0.480 e. The first-order valence-corrected chi connectivity index (χ1v) is 12.2. The van der Waals surface area contributed by atoms with Crippen molar-refractivity contribution in [2.45, 2.75) is 49.9 Å². The summed E-state index contributed by atoms with van der Waals surface area (Å²) in [7, 11) is 0. The fraction of sp³-hybridized carbons (Fsp3) is 0.391. The number of primary amides is 2. The van der Waals surface area contributed by atoms with Gasteiger partial charge in [-0.15, -0.1) is 0 Å². The van der Waals surface area contributed by atoms with Crippen LogP contribution in [0.4, 0.5) is 0 Å². The summed E-state index contributed by atoms with van der Waals surface area (Å²) in [6.07, 6.45) is 0.355. The van der Waals surface area contributed by atoms with Crippen molar-refractivity contribution in [2.75, 3.05) is 5.75 Å². The quantitative estimate of drug-likeness (QED) is 0.108. The highest BCUT2D eigenvalue weighted by atomic mass is 32.1. The van der Waals surface area contributed by atoms with E-state index in [0.717, 1.165) is 10.9 Å². The number of carbonyl (C=O) groups is 6. The zero-order valence-electron chi connectivity index (χ0n) is 20.3. The van der Waals surface area contributed by atoms with Gasteiger partial charge in [-0.05, 0) is 18.1 Å². The van der Waals surface area contributed by atoms with Crippen molar-refractivity contribution >= 4 is 59.0 Å². The first-order chi connectivity index (χ1) is 17.9. The third kappa shape index (κ3) is 8.77. The zero-order valence-corrected chi connectivity index (χ0v) is 21.2. The Kier molecular flexibility index (Phi) is 11.1. The van der Waals surface area contributed by atoms with Crippen LogP contribution in [0, 0.1) is 0 Å². The van der Waals surface area contributed by atoms with E-state index in [4.69, 9.17) is 17.2 Å². The van der Waals surface area contributed by atoms with Crippen LogP contribution in [0.25, 0.3) is 10.9 Å². The Bertz CT molecular complexity index is 1200. The summed E-state index contributed by atoms with van der Waals surface area (Å²) in [6, 6.07) is 1.92. The molecule has 1 aromatic carbocycles. The van der Waals surface area contributed by atoms with Crippen LogP contribution in [-0.4, -0.2) is 75.5 Å². The summed E-state index contributed by atoms with van der Waals surface area (Å²) < 4.78 is 0. The molecule has 0 radical (unpaired) electrons. The second-order valence-corrected chi connectivity index (χ2v) is 8.92. The molecule has 0 aliphatic carbocycles. The number of carboxylic acids is 1. The number of benzene rings is 1. The molecule has 2 aromatic rings. The van der Waals surface area contributed by atoms with E-state index in [2.05, 4.69) is 33.6 Å². The standard InChI is InChI=1S/C23H31N7O7S/c24-13(10-38)20(33)29-16(7-11-9-27-14-4-2-1-3-12(11)14)21(34)30-17(8-19(26)32)22(35)28-15(23(36)37)5-6-18(25)31/h1-4,9,13,15-17,27,38H,5-8,10,24H2,(H2,25,31)(H2,26,32)(H,28,35)(H,29,33)(H,30,34)(H,36,37). The number of aromatic nitrogens is 1. The van der Waals surface area contributed by atoms with E-state index in [9.17, 15) is 33.9 Å². The lowest BCUT2D eigenvalue weighted by molar-refractivity contribution is -0.142. The molecule has 0 aliphatic heterocycles. The number of aliphatic carboxylic acids is 1. The highest BCUT2D eigenvalue weighted by Gasteiger charge is 2.31. The predicted molar refractivity (Wildman–Crippen MR) is 139 cm³/mol. The molecule has 38 heavy (non-hydrogen) atoms. The van der Waals surface area contributed by atoms with Crippen molar-refractivity contribution < 1.29 is 33.9 Å². The summed E-state index contributed by atoms with van der Waals surface area (Å²) in [6.45, 7) is 0. The molecule has 4 unspecified atom stereocenters. The number of amides is 5. The smallest absolute Gasteiger partial charge is 0.326 e. The van der Waals surface area contributed by atoms with Gasteiger partial charge in [-0.2, -0.15) is 12.6 Å². The first kappa shape index (κ1) is 30.1. The summed E-state index contributed by atoms with van der Waals surface area (Å²) in [5.74, 6) is -5.73. The van der Waals surface area contributed by atoms with Crippen LogP contribution >= 0.6 is 12.6 Å². The van der Waals surface area contributed by atoms with Crippen LogP contribution in [0.15, 0.2) is 30.5 Å². The number of carboxylic acid groups (broad SMARTS) is 1. The van der Waals surface area contributed by atoms with E-state index >= 15 is 0 Å². The Morgan fingerprint density at radius 3 is 2.11 bits per heavy atom. The summed E-state index contributed by atoms with van der Waals surface area (Å²) >= 11 is 3.99. The number of aromatic amines is 1. The van der Waals surface area contributed by atoms with Gasteiger partial charge in [0.25, 0.3) is 0 Å². The third-order valence-electron chi connectivity index (χ3n) is 5.60. The zero-order chi connectivity index (χ0) is 28.4. The van der Waals surface area contributed by atoms with Crippen LogP contribution in [-0.2, 0) is 35.2 Å². The van der Waals surface area contributed by atoms with Gasteiger partial charge >= 0.3 is 5.97 Å². The minimum atomic E-state index is -1.57. The number of nitrogens with one attached hydrogen (secondary N) is 4. The lowest BCUT2D eigenvalue weighted by atomic mass is 10.0. The minimum absolute atomic E-state index is 0.00183. The van der Waals surface area contributed by atoms with E-state index in [0.29, 0.717) is 5.56 Å². The minimum Gasteiger partial charge on any atom is -0.480 e. The molecule has 1 aromatic heterocycles. The van der Waals surface area contributed by atoms with Crippen molar-refractivity contribution in [3.05, 3.63) is 36.0 Å². The molecule has 5 amide bonds. The van der Waals surface area contributed by atoms with Crippen LogP contribution in [0.3, 0.4) is 0 Å². The molecule has 15 heteroatoms. The maximum atomic E-state index is 13.3. The Balaban J connectivity index is 2.28. The van der Waals surface area contributed by atoms with Crippen LogP contribution < -0.4 is 33.2 Å². The third-order valence-corrected chi connectivity index (χ3v) is 5.99. The number of H-pyrrole nitrogens is 1. The fourth-order valence-corrected chi connectivity index (χ4v) is 3.76. The number of nitrogens with two attached hydrogens (primary N) is 3. The Morgan fingerprint density at radius 1 is 0.895 bits per heavy atom. The molecule has 2 rings (SSSR count). The molecule has 1 heterocycles. The Hall–Kier alpha value is -4.11. The van der Waals surface area contributed by atoms with Gasteiger partial charge in [0.05, 0.1) is 12.5 Å². The number of fused-ring (bicyclic) bond motifs is 1. The fourth-order valence-electron chi connectivity index (χ4n) is 3.59. The Labute approximate surface area is 222 Å². The topological polar surface area (TPSA) is 253 Å². The molecule has 0 saturated carbocycles. The van der Waals surface area contributed by atoms with Gasteiger partial charge in [0.2, 0.25) is 29.5 Å². The van der Waals surface area contributed by atoms with E-state index in [1.54, 1.807) is 12.3 Å². The van der Waals surface area contributed by atoms with Gasteiger partial charge in [-0.3, -0.25) is 24.0 Å². The summed E-state index contributed by atoms with van der Waals surface area (Å²) in [4.78, 5) is 75.8. The number of hydrogen-bond acceptors (Lipinski definition) is 8. The maximum Gasteiger partial charge on any atom is 0.326 e. The van der Waals surface area contributed by atoms with E-state index in [-0.39, 0.29) is 25.0 Å². The number of para-hydroxylation sites is 1. The van der Waals surface area contributed by atoms with Crippen LogP contribution in [0.1, 0.15) is 24.8 Å². The van der Waals surface area contributed by atoms with Gasteiger partial charge < -0.3 is 43.2 Å². The van der Waals surface area contributed by atoms with Gasteiger partial charge in [0, 0.05) is 35.7 Å². The average Bonchev–Trinajstić information content (AvgIpc) is 3.27. The van der Waals surface area contributed by atoms with Crippen LogP contribution in [0.2, 0.25) is 0 Å². The molecule has 0 spiro atoms. The van der Waals surface area contributed by atoms with Crippen molar-refractivity contribution in [1.29, 1.82) is 0 Å². The monoisotopic (exact) mass is 549 g/mol.